The normalized spacial score (nSPS) is 14.9. The number of fused-ring (bicyclic) bond motifs is 10. The first kappa shape index (κ1) is 43.2. The molecule has 0 atom stereocenters. The average molecular weight is 926 g/mol. The molecule has 5 heteroatoms. The molecular weight excluding hydrogens is 868 g/mol. The lowest BCUT2D eigenvalue weighted by Crippen LogP contribution is -2.37. The van der Waals surface area contributed by atoms with Crippen LogP contribution in [0.2, 0.25) is 0 Å². The number of hydrogen-bond donors (Lipinski definition) is 1. The van der Waals surface area contributed by atoms with Gasteiger partial charge in [0.2, 0.25) is 0 Å². The Labute approximate surface area is 416 Å². The van der Waals surface area contributed by atoms with E-state index in [1.165, 1.54) is 116 Å². The summed E-state index contributed by atoms with van der Waals surface area (Å²) in [6.07, 6.45) is 3.36. The molecule has 4 heterocycles. The van der Waals surface area contributed by atoms with E-state index in [0.29, 0.717) is 0 Å². The van der Waals surface area contributed by atoms with Gasteiger partial charge >= 0.3 is 0 Å². The predicted octanol–water partition coefficient (Wildman–Crippen LogP) is 17.1. The zero-order valence-electron chi connectivity index (χ0n) is 41.8. The molecule has 0 fully saturated rings. The first-order chi connectivity index (χ1) is 33.6. The van der Waals surface area contributed by atoms with Crippen molar-refractivity contribution in [2.24, 2.45) is 0 Å². The molecule has 2 aliphatic rings. The molecule has 0 bridgehead atoms. The first-order valence-electron chi connectivity index (χ1n) is 25.2. The van der Waals surface area contributed by atoms with Crippen molar-refractivity contribution in [3.8, 4) is 39.3 Å². The van der Waals surface area contributed by atoms with Crippen LogP contribution in [-0.2, 0) is 22.7 Å². The fourth-order valence-electron chi connectivity index (χ4n) is 12.0. The van der Waals surface area contributed by atoms with Gasteiger partial charge in [0.15, 0.2) is 7.28 Å². The molecule has 0 amide bonds. The summed E-state index contributed by atoms with van der Waals surface area (Å²) in [6, 6.07) is 55.0. The highest BCUT2D eigenvalue weighted by molar-refractivity contribution is 7.25. The zero-order chi connectivity index (χ0) is 48.0. The molecule has 0 saturated heterocycles. The molecule has 0 spiro atoms. The molecule has 13 rings (SSSR count). The standard InChI is InChI=1S/C65H58BN2OS/c1-10-38-16-14-15-19-43(38)46-33-55-48(28-37(46)2)45-25-24-44(61-62(45)68(55)56-29-40-30-57(39-17-12-11-13-18-39)69-58(40)35-53(56)66-61)47-31-49-50-32-51-52(65(8,9)27-26-64(51,6)7)34-59(50)70-60(49)36-54(47)67-42-22-20-41(21-23-42)63(3,4)5/h11-25,28-36,67H,10,26-27H2,1-9H3. The van der Waals surface area contributed by atoms with Crippen LogP contribution in [0.1, 0.15) is 96.0 Å². The summed E-state index contributed by atoms with van der Waals surface area (Å²) in [5.74, 6) is 0.878. The largest absolute Gasteiger partial charge is 0.456 e. The van der Waals surface area contributed by atoms with E-state index in [0.717, 1.165) is 45.6 Å². The number of thiophene rings is 1. The maximum atomic E-state index is 6.71. The van der Waals surface area contributed by atoms with Gasteiger partial charge in [-0.15, -0.1) is 11.3 Å². The molecule has 1 N–H and O–H groups in total. The topological polar surface area (TPSA) is 30.1 Å². The summed E-state index contributed by atoms with van der Waals surface area (Å²) >= 11 is 1.93. The minimum Gasteiger partial charge on any atom is -0.456 e. The third kappa shape index (κ3) is 6.68. The molecule has 3 nitrogen and oxygen atoms in total. The number of hydrogen-bond acceptors (Lipinski definition) is 3. The minimum absolute atomic E-state index is 0.0632. The quantitative estimate of drug-likeness (QED) is 0.168. The second-order valence-electron chi connectivity index (χ2n) is 22.6. The molecule has 70 heavy (non-hydrogen) atoms. The molecular formula is C65H58BN2OS. The summed E-state index contributed by atoms with van der Waals surface area (Å²) in [7, 11) is 2.44. The number of aromatic nitrogens is 1. The van der Waals surface area contributed by atoms with Crippen LogP contribution in [0, 0.1) is 6.92 Å². The lowest BCUT2D eigenvalue weighted by Gasteiger charge is -2.41. The van der Waals surface area contributed by atoms with Crippen molar-refractivity contribution in [1.82, 2.24) is 4.57 Å². The highest BCUT2D eigenvalue weighted by Crippen LogP contribution is 2.51. The van der Waals surface area contributed by atoms with Crippen molar-refractivity contribution in [1.29, 1.82) is 0 Å². The number of benzene rings is 8. The van der Waals surface area contributed by atoms with E-state index in [9.17, 15) is 0 Å². The van der Waals surface area contributed by atoms with Crippen LogP contribution >= 0.6 is 11.3 Å². The van der Waals surface area contributed by atoms with E-state index in [4.69, 9.17) is 4.42 Å². The van der Waals surface area contributed by atoms with Crippen molar-refractivity contribution in [3.05, 3.63) is 173 Å². The lowest BCUT2D eigenvalue weighted by atomic mass is 9.59. The minimum atomic E-state index is 0.0632. The second-order valence-corrected chi connectivity index (χ2v) is 23.7. The summed E-state index contributed by atoms with van der Waals surface area (Å²) < 4.78 is 11.9. The Morgan fingerprint density at radius 1 is 0.657 bits per heavy atom. The van der Waals surface area contributed by atoms with Crippen LogP contribution in [-0.4, -0.2) is 11.8 Å². The second kappa shape index (κ2) is 15.3. The molecule has 1 radical (unpaired) electrons. The van der Waals surface area contributed by atoms with Crippen molar-refractivity contribution in [2.45, 2.75) is 97.8 Å². The van der Waals surface area contributed by atoms with Gasteiger partial charge in [0, 0.05) is 70.0 Å². The van der Waals surface area contributed by atoms with Gasteiger partial charge in [-0.1, -0.05) is 140 Å². The van der Waals surface area contributed by atoms with E-state index >= 15 is 0 Å². The Hall–Kier alpha value is -6.82. The smallest absolute Gasteiger partial charge is 0.198 e. The lowest BCUT2D eigenvalue weighted by molar-refractivity contribution is 0.332. The molecule has 1 aliphatic heterocycles. The molecule has 0 saturated carbocycles. The van der Waals surface area contributed by atoms with Crippen molar-refractivity contribution in [3.63, 3.8) is 0 Å². The number of rotatable bonds is 6. The third-order valence-electron chi connectivity index (χ3n) is 16.2. The molecule has 0 unspecified atom stereocenters. The van der Waals surface area contributed by atoms with Crippen LogP contribution in [0.15, 0.2) is 150 Å². The first-order valence-corrected chi connectivity index (χ1v) is 26.1. The van der Waals surface area contributed by atoms with Crippen LogP contribution in [0.25, 0.3) is 92.2 Å². The fourth-order valence-corrected chi connectivity index (χ4v) is 13.2. The van der Waals surface area contributed by atoms with Crippen molar-refractivity contribution < 1.29 is 4.42 Å². The van der Waals surface area contributed by atoms with E-state index in [2.05, 4.69) is 225 Å². The van der Waals surface area contributed by atoms with Gasteiger partial charge in [-0.05, 0) is 159 Å². The van der Waals surface area contributed by atoms with E-state index in [1.54, 1.807) is 0 Å². The summed E-state index contributed by atoms with van der Waals surface area (Å²) in [5, 5.41) is 10.3. The van der Waals surface area contributed by atoms with Gasteiger partial charge in [-0.2, -0.15) is 0 Å². The van der Waals surface area contributed by atoms with E-state index < -0.39 is 0 Å². The van der Waals surface area contributed by atoms with Gasteiger partial charge in [0.1, 0.15) is 11.3 Å². The number of nitrogens with one attached hydrogen (secondary N) is 1. The van der Waals surface area contributed by atoms with Crippen LogP contribution in [0.4, 0.5) is 11.4 Å². The van der Waals surface area contributed by atoms with Gasteiger partial charge in [0.05, 0.1) is 5.52 Å². The number of nitrogens with zero attached hydrogens (tertiary/aromatic N) is 1. The fraction of sp³-hybridized carbons (Fsp3) is 0.231. The third-order valence-corrected chi connectivity index (χ3v) is 17.3. The number of anilines is 2. The van der Waals surface area contributed by atoms with Crippen molar-refractivity contribution >= 4 is 93.9 Å². The predicted molar refractivity (Wildman–Crippen MR) is 303 cm³/mol. The molecule has 1 aliphatic carbocycles. The average Bonchev–Trinajstić information content (AvgIpc) is 4.03. The summed E-state index contributed by atoms with van der Waals surface area (Å²) in [5.41, 5.74) is 22.4. The molecule has 8 aromatic carbocycles. The summed E-state index contributed by atoms with van der Waals surface area (Å²) in [4.78, 5) is 0. The maximum absolute atomic E-state index is 6.71. The zero-order valence-corrected chi connectivity index (χ0v) is 42.6. The maximum Gasteiger partial charge on any atom is 0.198 e. The molecule has 11 aromatic rings. The van der Waals surface area contributed by atoms with Crippen LogP contribution in [0.5, 0.6) is 0 Å². The summed E-state index contributed by atoms with van der Waals surface area (Å²) in [6.45, 7) is 21.1. The monoisotopic (exact) mass is 925 g/mol. The van der Waals surface area contributed by atoms with Gasteiger partial charge in [0.25, 0.3) is 0 Å². The van der Waals surface area contributed by atoms with Gasteiger partial charge in [-0.25, -0.2) is 0 Å². The van der Waals surface area contributed by atoms with Gasteiger partial charge < -0.3 is 14.3 Å². The van der Waals surface area contributed by atoms with Gasteiger partial charge in [-0.3, -0.25) is 0 Å². The van der Waals surface area contributed by atoms with Crippen LogP contribution in [0.3, 0.4) is 0 Å². The Bertz CT molecular complexity index is 3970. The Kier molecular flexibility index (Phi) is 9.47. The number of furan rings is 1. The van der Waals surface area contributed by atoms with Crippen LogP contribution < -0.4 is 16.2 Å². The van der Waals surface area contributed by atoms with E-state index in [1.807, 2.05) is 11.3 Å². The Balaban J connectivity index is 1.09. The Morgan fingerprint density at radius 3 is 2.13 bits per heavy atom. The SMILES string of the molecule is CCc1ccccc1-c1cc2c(cc1C)c1ccc(-c3cc4c(cc3Nc3ccc(C(C)(C)C)cc3)sc3cc5c(cc34)C(C)(C)CCC5(C)C)c3c1n2-c1cc2cc(-c4ccccc4)oc2cc1[B]3. The molecule has 343 valence electrons. The van der Waals surface area contributed by atoms with E-state index in [-0.39, 0.29) is 16.2 Å². The highest BCUT2D eigenvalue weighted by atomic mass is 32.1. The van der Waals surface area contributed by atoms with Crippen molar-refractivity contribution in [2.75, 3.05) is 5.32 Å². The molecule has 3 aromatic heterocycles. The highest BCUT2D eigenvalue weighted by Gasteiger charge is 2.38. The Morgan fingerprint density at radius 2 is 1.37 bits per heavy atom. The number of aryl methyl sites for hydroxylation is 2.